The van der Waals surface area contributed by atoms with Gasteiger partial charge in [0.05, 0.1) is 10.0 Å². The molecule has 0 bridgehead atoms. The van der Waals surface area contributed by atoms with Crippen molar-refractivity contribution in [2.45, 2.75) is 39.2 Å². The number of halogens is 2. The first kappa shape index (κ1) is 18.8. The van der Waals surface area contributed by atoms with Gasteiger partial charge in [-0.05, 0) is 26.1 Å². The van der Waals surface area contributed by atoms with Gasteiger partial charge in [-0.3, -0.25) is 0 Å². The smallest absolute Gasteiger partial charge is 0.297 e. The van der Waals surface area contributed by atoms with Gasteiger partial charge in [-0.2, -0.15) is 4.98 Å². The summed E-state index contributed by atoms with van der Waals surface area (Å²) in [6, 6.07) is 5.55. The fraction of sp³-hybridized carbons (Fsp3) is 0.412. The number of benzene rings is 1. The Morgan fingerprint density at radius 1 is 1.15 bits per heavy atom. The molecule has 0 aliphatic heterocycles. The van der Waals surface area contributed by atoms with Crippen LogP contribution < -0.4 is 5.32 Å². The molecule has 1 unspecified atom stereocenters. The Balaban J connectivity index is 2.03. The summed E-state index contributed by atoms with van der Waals surface area (Å²) < 4.78 is 6.99. The van der Waals surface area contributed by atoms with Crippen molar-refractivity contribution in [2.24, 2.45) is 0 Å². The van der Waals surface area contributed by atoms with E-state index in [4.69, 9.17) is 27.7 Å². The summed E-state index contributed by atoms with van der Waals surface area (Å²) >= 11 is 12.7. The molecule has 9 heteroatoms. The minimum atomic E-state index is 0.0929. The van der Waals surface area contributed by atoms with Gasteiger partial charge in [0.15, 0.2) is 5.82 Å². The largest absolute Gasteiger partial charge is 0.330 e. The highest BCUT2D eigenvalue weighted by molar-refractivity contribution is 6.37. The van der Waals surface area contributed by atoms with Crippen molar-refractivity contribution in [3.8, 4) is 17.4 Å². The molecule has 0 aliphatic carbocycles. The highest BCUT2D eigenvalue weighted by Crippen LogP contribution is 2.31. The fourth-order valence-corrected chi connectivity index (χ4v) is 3.01. The average Bonchev–Trinajstić information content (AvgIpc) is 3.21. The van der Waals surface area contributed by atoms with Crippen LogP contribution in [0, 0.1) is 0 Å². The molecule has 0 fully saturated rings. The Labute approximate surface area is 161 Å². The average molecular weight is 395 g/mol. The number of likely N-dealkylation sites (N-methyl/N-ethyl adjacent to an activating group) is 1. The third-order valence-corrected chi connectivity index (χ3v) is 4.55. The van der Waals surface area contributed by atoms with Gasteiger partial charge in [0.2, 0.25) is 5.82 Å². The lowest BCUT2D eigenvalue weighted by Crippen LogP contribution is -2.24. The lowest BCUT2D eigenvalue weighted by Gasteiger charge is -2.11. The molecule has 1 atom stereocenters. The second-order valence-electron chi connectivity index (χ2n) is 6.34. The van der Waals surface area contributed by atoms with E-state index in [0.717, 1.165) is 0 Å². The molecule has 7 nitrogen and oxygen atoms in total. The standard InChI is InChI=1S/C17H20Cl2N6O/c1-9(2)16-22-15(17-21-13(24-26-17)8-10(3)20-4)23-25(16)14-11(18)6-5-7-12(14)19/h5-7,9-10,20H,8H2,1-4H3. The van der Waals surface area contributed by atoms with Crippen LogP contribution >= 0.6 is 23.2 Å². The van der Waals surface area contributed by atoms with Crippen LogP contribution in [0.1, 0.15) is 38.3 Å². The lowest BCUT2D eigenvalue weighted by molar-refractivity contribution is 0.415. The summed E-state index contributed by atoms with van der Waals surface area (Å²) in [4.78, 5) is 8.97. The predicted molar refractivity (Wildman–Crippen MR) is 101 cm³/mol. The first-order valence-electron chi connectivity index (χ1n) is 8.32. The molecule has 0 saturated heterocycles. The van der Waals surface area contributed by atoms with E-state index in [1.165, 1.54) is 0 Å². The van der Waals surface area contributed by atoms with E-state index in [2.05, 4.69) is 25.5 Å². The van der Waals surface area contributed by atoms with Crippen LogP contribution in [-0.2, 0) is 6.42 Å². The topological polar surface area (TPSA) is 81.7 Å². The molecule has 0 spiro atoms. The summed E-state index contributed by atoms with van der Waals surface area (Å²) in [5.74, 6) is 2.02. The molecular weight excluding hydrogens is 375 g/mol. The van der Waals surface area contributed by atoms with Crippen LogP contribution in [0.4, 0.5) is 0 Å². The molecule has 26 heavy (non-hydrogen) atoms. The predicted octanol–water partition coefficient (Wildman–Crippen LogP) is 3.90. The minimum Gasteiger partial charge on any atom is -0.330 e. The van der Waals surface area contributed by atoms with Crippen LogP contribution in [0.25, 0.3) is 17.4 Å². The van der Waals surface area contributed by atoms with E-state index in [-0.39, 0.29) is 17.9 Å². The summed E-state index contributed by atoms with van der Waals surface area (Å²) in [7, 11) is 1.89. The van der Waals surface area contributed by atoms with Crippen LogP contribution in [0.2, 0.25) is 10.0 Å². The van der Waals surface area contributed by atoms with Crippen molar-refractivity contribution >= 4 is 23.2 Å². The zero-order valence-electron chi connectivity index (χ0n) is 15.0. The molecular formula is C17H20Cl2N6O. The van der Waals surface area contributed by atoms with E-state index in [1.807, 2.05) is 27.8 Å². The first-order chi connectivity index (χ1) is 12.4. The Morgan fingerprint density at radius 2 is 1.85 bits per heavy atom. The Bertz CT molecular complexity index is 884. The summed E-state index contributed by atoms with van der Waals surface area (Å²) in [5.41, 5.74) is 0.585. The maximum Gasteiger partial charge on any atom is 0.297 e. The Kier molecular flexibility index (Phi) is 5.60. The molecule has 0 amide bonds. The molecule has 2 heterocycles. The van der Waals surface area contributed by atoms with E-state index in [9.17, 15) is 0 Å². The van der Waals surface area contributed by atoms with Gasteiger partial charge >= 0.3 is 0 Å². The fourth-order valence-electron chi connectivity index (χ4n) is 2.45. The number of nitrogens with zero attached hydrogens (tertiary/aromatic N) is 5. The second-order valence-corrected chi connectivity index (χ2v) is 7.15. The summed E-state index contributed by atoms with van der Waals surface area (Å²) in [5, 5.41) is 12.7. The zero-order chi connectivity index (χ0) is 18.8. The maximum absolute atomic E-state index is 6.34. The van der Waals surface area contributed by atoms with Crippen molar-refractivity contribution in [3.05, 3.63) is 39.9 Å². The highest BCUT2D eigenvalue weighted by atomic mass is 35.5. The molecule has 2 aromatic heterocycles. The van der Waals surface area contributed by atoms with Gasteiger partial charge in [0.25, 0.3) is 5.89 Å². The van der Waals surface area contributed by atoms with Gasteiger partial charge in [-0.25, -0.2) is 9.67 Å². The van der Waals surface area contributed by atoms with Gasteiger partial charge in [0.1, 0.15) is 11.5 Å². The third kappa shape index (κ3) is 3.75. The number of nitrogens with one attached hydrogen (secondary N) is 1. The maximum atomic E-state index is 6.34. The van der Waals surface area contributed by atoms with Crippen LogP contribution in [0.5, 0.6) is 0 Å². The number of rotatable bonds is 6. The van der Waals surface area contributed by atoms with Gasteiger partial charge in [-0.15, -0.1) is 5.10 Å². The molecule has 0 aliphatic rings. The molecule has 1 aromatic carbocycles. The second kappa shape index (κ2) is 7.73. The summed E-state index contributed by atoms with van der Waals surface area (Å²) in [6.07, 6.45) is 0.647. The molecule has 0 radical (unpaired) electrons. The molecule has 1 N–H and O–H groups in total. The third-order valence-electron chi connectivity index (χ3n) is 3.94. The highest BCUT2D eigenvalue weighted by Gasteiger charge is 2.22. The van der Waals surface area contributed by atoms with E-state index in [1.54, 1.807) is 22.9 Å². The first-order valence-corrected chi connectivity index (χ1v) is 9.07. The minimum absolute atomic E-state index is 0.0929. The normalized spacial score (nSPS) is 12.7. The number of aromatic nitrogens is 5. The molecule has 0 saturated carbocycles. The number of hydrogen-bond acceptors (Lipinski definition) is 6. The SMILES string of the molecule is CNC(C)Cc1noc(-c2nc(C(C)C)n(-c3c(Cl)cccc3Cl)n2)n1. The van der Waals surface area contributed by atoms with Crippen LogP contribution in [0.15, 0.2) is 22.7 Å². The van der Waals surface area contributed by atoms with Crippen molar-refractivity contribution in [1.82, 2.24) is 30.2 Å². The monoisotopic (exact) mass is 394 g/mol. The van der Waals surface area contributed by atoms with E-state index < -0.39 is 0 Å². The molecule has 3 aromatic rings. The van der Waals surface area contributed by atoms with E-state index in [0.29, 0.717) is 39.6 Å². The van der Waals surface area contributed by atoms with Gasteiger partial charge in [-0.1, -0.05) is 48.3 Å². The lowest BCUT2D eigenvalue weighted by atomic mass is 10.2. The molecule has 3 rings (SSSR count). The quantitative estimate of drug-likeness (QED) is 0.682. The summed E-state index contributed by atoms with van der Waals surface area (Å²) in [6.45, 7) is 6.07. The molecule has 138 valence electrons. The Morgan fingerprint density at radius 3 is 2.46 bits per heavy atom. The van der Waals surface area contributed by atoms with Gasteiger partial charge in [0, 0.05) is 18.4 Å². The Hall–Kier alpha value is -1.96. The van der Waals surface area contributed by atoms with Crippen molar-refractivity contribution < 1.29 is 4.52 Å². The van der Waals surface area contributed by atoms with Crippen LogP contribution in [0.3, 0.4) is 0 Å². The van der Waals surface area contributed by atoms with Crippen LogP contribution in [-0.4, -0.2) is 38.0 Å². The van der Waals surface area contributed by atoms with E-state index >= 15 is 0 Å². The van der Waals surface area contributed by atoms with Gasteiger partial charge < -0.3 is 9.84 Å². The van der Waals surface area contributed by atoms with Crippen molar-refractivity contribution in [1.29, 1.82) is 0 Å². The zero-order valence-corrected chi connectivity index (χ0v) is 16.5. The van der Waals surface area contributed by atoms with Crippen molar-refractivity contribution in [2.75, 3.05) is 7.05 Å². The number of para-hydroxylation sites is 1. The van der Waals surface area contributed by atoms with Crippen molar-refractivity contribution in [3.63, 3.8) is 0 Å². The number of hydrogen-bond donors (Lipinski definition) is 1.